The average molecular weight is 428 g/mol. The van der Waals surface area contributed by atoms with E-state index in [2.05, 4.69) is 34.8 Å². The van der Waals surface area contributed by atoms with Gasteiger partial charge in [0, 0.05) is 32.5 Å². The zero-order valence-corrected chi connectivity index (χ0v) is 16.0. The maximum absolute atomic E-state index is 9.46. The van der Waals surface area contributed by atoms with E-state index in [9.17, 15) is 5.11 Å². The molecule has 0 saturated carbocycles. The number of hydrogen-bond acceptors (Lipinski definition) is 2. The molecule has 126 valence electrons. The number of phenols is 1. The molecule has 6 heteroatoms. The first kappa shape index (κ1) is 19.3. The average Bonchev–Trinajstić information content (AvgIpc) is 2.90. The van der Waals surface area contributed by atoms with E-state index >= 15 is 0 Å². The lowest BCUT2D eigenvalue weighted by Gasteiger charge is -2.11. The van der Waals surface area contributed by atoms with Crippen molar-refractivity contribution in [1.82, 2.24) is 15.2 Å². The highest BCUT2D eigenvalue weighted by molar-refractivity contribution is 14.0. The van der Waals surface area contributed by atoms with Gasteiger partial charge in [-0.2, -0.15) is 0 Å². The van der Waals surface area contributed by atoms with Crippen molar-refractivity contribution in [3.63, 3.8) is 0 Å². The van der Waals surface area contributed by atoms with Gasteiger partial charge in [0.25, 0.3) is 0 Å². The number of nitrogens with zero attached hydrogens (tertiary/aromatic N) is 2. The topological polar surface area (TPSA) is 61.6 Å². The van der Waals surface area contributed by atoms with Crippen LogP contribution in [0.4, 0.5) is 0 Å². The summed E-state index contributed by atoms with van der Waals surface area (Å²) < 4.78 is 2.02. The molecule has 0 fully saturated rings. The van der Waals surface area contributed by atoms with Crippen LogP contribution in [0.1, 0.15) is 18.1 Å². The Morgan fingerprint density at radius 2 is 2.04 bits per heavy atom. The van der Waals surface area contributed by atoms with Crippen LogP contribution in [0.5, 0.6) is 5.75 Å². The molecule has 5 nitrogen and oxygen atoms in total. The van der Waals surface area contributed by atoms with E-state index < -0.39 is 0 Å². The molecule has 0 unspecified atom stereocenters. The van der Waals surface area contributed by atoms with E-state index in [1.165, 1.54) is 5.56 Å². The highest BCUT2D eigenvalue weighted by atomic mass is 127. The predicted octanol–water partition coefficient (Wildman–Crippen LogP) is 2.65. The standard InChI is InChI=1S/C17H24N4O.HI/c1-3-18-17(20-12-15-8-10-21(2)13-15)19-9-7-14-5-4-6-16(22)11-14;/h4-6,8,10-11,13,22H,3,7,9,12H2,1-2H3,(H2,18,19,20);1H. The van der Waals surface area contributed by atoms with E-state index in [4.69, 9.17) is 0 Å². The maximum Gasteiger partial charge on any atom is 0.191 e. The lowest BCUT2D eigenvalue weighted by atomic mass is 10.1. The second-order valence-electron chi connectivity index (χ2n) is 5.23. The molecule has 0 spiro atoms. The van der Waals surface area contributed by atoms with Crippen LogP contribution in [0.15, 0.2) is 47.7 Å². The first-order valence-corrected chi connectivity index (χ1v) is 7.58. The zero-order chi connectivity index (χ0) is 15.8. The molecule has 0 bridgehead atoms. The molecular formula is C17H25IN4O. The smallest absolute Gasteiger partial charge is 0.191 e. The van der Waals surface area contributed by atoms with Gasteiger partial charge in [0.1, 0.15) is 5.75 Å². The number of hydrogen-bond donors (Lipinski definition) is 3. The number of guanidine groups is 1. The lowest BCUT2D eigenvalue weighted by molar-refractivity contribution is 0.474. The van der Waals surface area contributed by atoms with Crippen molar-refractivity contribution in [3.05, 3.63) is 53.9 Å². The van der Waals surface area contributed by atoms with E-state index in [-0.39, 0.29) is 24.0 Å². The molecule has 0 aliphatic heterocycles. The molecule has 0 radical (unpaired) electrons. The van der Waals surface area contributed by atoms with Crippen molar-refractivity contribution < 1.29 is 5.11 Å². The van der Waals surface area contributed by atoms with Crippen LogP contribution in [0, 0.1) is 0 Å². The Balaban J connectivity index is 0.00000264. The van der Waals surface area contributed by atoms with Gasteiger partial charge in [-0.3, -0.25) is 0 Å². The highest BCUT2D eigenvalue weighted by Crippen LogP contribution is 2.10. The lowest BCUT2D eigenvalue weighted by Crippen LogP contribution is -2.38. The predicted molar refractivity (Wildman–Crippen MR) is 105 cm³/mol. The number of rotatable bonds is 6. The van der Waals surface area contributed by atoms with Gasteiger partial charge in [0.15, 0.2) is 5.96 Å². The summed E-state index contributed by atoms with van der Waals surface area (Å²) in [5.41, 5.74) is 2.29. The third kappa shape index (κ3) is 6.94. The summed E-state index contributed by atoms with van der Waals surface area (Å²) in [6.45, 7) is 4.30. The number of aliphatic imine (C=N–C) groups is 1. The number of phenolic OH excluding ortho intramolecular Hbond substituents is 1. The van der Waals surface area contributed by atoms with Crippen LogP contribution in [0.2, 0.25) is 0 Å². The van der Waals surface area contributed by atoms with Crippen molar-refractivity contribution in [1.29, 1.82) is 0 Å². The van der Waals surface area contributed by atoms with Crippen molar-refractivity contribution in [2.75, 3.05) is 13.1 Å². The monoisotopic (exact) mass is 428 g/mol. The quantitative estimate of drug-likeness (QED) is 0.377. The molecule has 0 atom stereocenters. The Kier molecular flexibility index (Phi) is 8.53. The first-order chi connectivity index (χ1) is 10.7. The Morgan fingerprint density at radius 1 is 1.22 bits per heavy atom. The summed E-state index contributed by atoms with van der Waals surface area (Å²) in [5.74, 6) is 1.12. The number of aromatic nitrogens is 1. The van der Waals surface area contributed by atoms with E-state index in [1.54, 1.807) is 12.1 Å². The van der Waals surface area contributed by atoms with Crippen molar-refractivity contribution >= 4 is 29.9 Å². The van der Waals surface area contributed by atoms with E-state index in [1.807, 2.05) is 29.9 Å². The molecule has 1 aromatic carbocycles. The van der Waals surface area contributed by atoms with Crippen molar-refractivity contribution in [2.45, 2.75) is 19.9 Å². The zero-order valence-electron chi connectivity index (χ0n) is 13.6. The van der Waals surface area contributed by atoms with Crippen molar-refractivity contribution in [2.24, 2.45) is 12.0 Å². The number of benzene rings is 1. The summed E-state index contributed by atoms with van der Waals surface area (Å²) in [5, 5.41) is 16.0. The molecule has 2 aromatic rings. The SMILES string of the molecule is CCNC(=NCc1ccn(C)c1)NCCc1cccc(O)c1.I. The Bertz CT molecular complexity index is 625. The highest BCUT2D eigenvalue weighted by Gasteiger charge is 2.00. The molecule has 1 aromatic heterocycles. The molecule has 0 amide bonds. The van der Waals surface area contributed by atoms with Gasteiger partial charge in [-0.15, -0.1) is 24.0 Å². The second kappa shape index (κ2) is 10.1. The van der Waals surface area contributed by atoms with Gasteiger partial charge in [-0.1, -0.05) is 12.1 Å². The molecule has 0 saturated heterocycles. The first-order valence-electron chi connectivity index (χ1n) is 7.58. The summed E-state index contributed by atoms with van der Waals surface area (Å²) in [6.07, 6.45) is 4.93. The van der Waals surface area contributed by atoms with Gasteiger partial charge in [-0.05, 0) is 42.7 Å². The number of nitrogens with one attached hydrogen (secondary N) is 2. The summed E-state index contributed by atoms with van der Waals surface area (Å²) in [6, 6.07) is 9.41. The third-order valence-electron chi connectivity index (χ3n) is 3.27. The van der Waals surface area contributed by atoms with Gasteiger partial charge in [0.2, 0.25) is 0 Å². The van der Waals surface area contributed by atoms with Gasteiger partial charge in [0.05, 0.1) is 6.54 Å². The van der Waals surface area contributed by atoms with Gasteiger partial charge < -0.3 is 20.3 Å². The second-order valence-corrected chi connectivity index (χ2v) is 5.23. The van der Waals surface area contributed by atoms with E-state index in [0.29, 0.717) is 12.3 Å². The van der Waals surface area contributed by atoms with Crippen molar-refractivity contribution in [3.8, 4) is 5.75 Å². The Hall–Kier alpha value is -1.70. The van der Waals surface area contributed by atoms with Gasteiger partial charge in [-0.25, -0.2) is 4.99 Å². The fourth-order valence-electron chi connectivity index (χ4n) is 2.20. The normalized spacial score (nSPS) is 11.0. The third-order valence-corrected chi connectivity index (χ3v) is 3.27. The molecule has 3 N–H and O–H groups in total. The summed E-state index contributed by atoms with van der Waals surface area (Å²) >= 11 is 0. The minimum absolute atomic E-state index is 0. The fourth-order valence-corrected chi connectivity index (χ4v) is 2.20. The van der Waals surface area contributed by atoms with E-state index in [0.717, 1.165) is 31.0 Å². The summed E-state index contributed by atoms with van der Waals surface area (Å²) in [7, 11) is 2.01. The Morgan fingerprint density at radius 3 is 2.70 bits per heavy atom. The van der Waals surface area contributed by atoms with Crippen LogP contribution in [0.25, 0.3) is 0 Å². The van der Waals surface area contributed by atoms with Gasteiger partial charge >= 0.3 is 0 Å². The van der Waals surface area contributed by atoms with Crippen LogP contribution >= 0.6 is 24.0 Å². The number of aryl methyl sites for hydroxylation is 1. The molecule has 23 heavy (non-hydrogen) atoms. The molecular weight excluding hydrogens is 403 g/mol. The molecule has 0 aliphatic carbocycles. The molecule has 2 rings (SSSR count). The maximum atomic E-state index is 9.46. The largest absolute Gasteiger partial charge is 0.508 e. The van der Waals surface area contributed by atoms with Crippen LogP contribution in [0.3, 0.4) is 0 Å². The van der Waals surface area contributed by atoms with Crippen LogP contribution in [-0.4, -0.2) is 28.7 Å². The summed E-state index contributed by atoms with van der Waals surface area (Å²) in [4.78, 5) is 4.58. The van der Waals surface area contributed by atoms with Crippen LogP contribution in [-0.2, 0) is 20.0 Å². The molecule has 0 aliphatic rings. The minimum Gasteiger partial charge on any atom is -0.508 e. The molecule has 1 heterocycles. The number of halogens is 1. The minimum atomic E-state index is 0. The Labute approximate surface area is 154 Å². The number of aromatic hydroxyl groups is 1. The van der Waals surface area contributed by atoms with Crippen LogP contribution < -0.4 is 10.6 Å². The fraction of sp³-hybridized carbons (Fsp3) is 0.353.